The third-order valence-electron chi connectivity index (χ3n) is 6.73. The van der Waals surface area contributed by atoms with Crippen LogP contribution in [0.1, 0.15) is 43.4 Å². The standard InChI is InChI=1S/C28H28N4O4/c1-3-6-23-27(34)31(28(35)29-23)17-26(33)32-25(19-11-13-22(36-2)14-12-19)16-24(30-32)21-10-9-18-7-4-5-8-20(18)15-21/h4-5,7-15,23,25H,3,6,16-17H2,1-2H3,(H,29,35). The van der Waals surface area contributed by atoms with E-state index < -0.39 is 18.0 Å². The minimum absolute atomic E-state index is 0.355. The van der Waals surface area contributed by atoms with Crippen LogP contribution in [-0.4, -0.2) is 53.2 Å². The quantitative estimate of drug-likeness (QED) is 0.508. The number of carbonyl (C=O) groups excluding carboxylic acids is 3. The van der Waals surface area contributed by atoms with E-state index in [2.05, 4.69) is 17.4 Å². The van der Waals surface area contributed by atoms with Gasteiger partial charge in [-0.2, -0.15) is 5.10 Å². The average Bonchev–Trinajstić information content (AvgIpc) is 3.46. The number of hydrogen-bond acceptors (Lipinski definition) is 5. The van der Waals surface area contributed by atoms with Gasteiger partial charge in [0.25, 0.3) is 11.8 Å². The Kier molecular flexibility index (Phi) is 6.41. The molecule has 4 amide bonds. The number of imide groups is 1. The van der Waals surface area contributed by atoms with E-state index in [4.69, 9.17) is 9.84 Å². The molecule has 0 aliphatic carbocycles. The topological polar surface area (TPSA) is 91.3 Å². The van der Waals surface area contributed by atoms with E-state index in [9.17, 15) is 14.4 Å². The monoisotopic (exact) mass is 484 g/mol. The number of hydrogen-bond donors (Lipinski definition) is 1. The highest BCUT2D eigenvalue weighted by atomic mass is 16.5. The normalized spacial score (nSPS) is 19.6. The van der Waals surface area contributed by atoms with Crippen LogP contribution >= 0.6 is 0 Å². The van der Waals surface area contributed by atoms with Crippen molar-refractivity contribution in [2.45, 2.75) is 38.3 Å². The largest absolute Gasteiger partial charge is 0.497 e. The van der Waals surface area contributed by atoms with Crippen molar-refractivity contribution >= 4 is 34.3 Å². The molecule has 0 saturated carbocycles. The van der Waals surface area contributed by atoms with Crippen LogP contribution in [0.25, 0.3) is 10.8 Å². The third kappa shape index (κ3) is 4.42. The lowest BCUT2D eigenvalue weighted by Crippen LogP contribution is -2.41. The van der Waals surface area contributed by atoms with E-state index in [0.717, 1.165) is 38.9 Å². The molecule has 1 fully saturated rings. The van der Waals surface area contributed by atoms with Crippen molar-refractivity contribution < 1.29 is 19.1 Å². The number of carbonyl (C=O) groups is 3. The van der Waals surface area contributed by atoms with Gasteiger partial charge in [-0.05, 0) is 46.5 Å². The molecule has 0 spiro atoms. The Balaban J connectivity index is 1.45. The number of nitrogens with zero attached hydrogens (tertiary/aromatic N) is 3. The van der Waals surface area contributed by atoms with Crippen molar-refractivity contribution in [2.24, 2.45) is 5.10 Å². The Hall–Kier alpha value is -4.20. The highest BCUT2D eigenvalue weighted by molar-refractivity contribution is 6.08. The molecule has 1 saturated heterocycles. The average molecular weight is 485 g/mol. The van der Waals surface area contributed by atoms with E-state index in [1.807, 2.05) is 61.5 Å². The van der Waals surface area contributed by atoms with Gasteiger partial charge in [0.15, 0.2) is 0 Å². The molecule has 0 bridgehead atoms. The van der Waals surface area contributed by atoms with Gasteiger partial charge in [0.05, 0.1) is 18.9 Å². The number of ether oxygens (including phenoxy) is 1. The number of hydrazone groups is 1. The molecule has 2 aliphatic rings. The molecule has 8 heteroatoms. The first-order valence-electron chi connectivity index (χ1n) is 12.1. The van der Waals surface area contributed by atoms with Gasteiger partial charge in [0.2, 0.25) is 0 Å². The molecular formula is C28H28N4O4. The molecule has 3 aromatic rings. The number of amides is 4. The summed E-state index contributed by atoms with van der Waals surface area (Å²) in [4.78, 5) is 39.6. The second-order valence-electron chi connectivity index (χ2n) is 9.06. The Morgan fingerprint density at radius 3 is 2.53 bits per heavy atom. The highest BCUT2D eigenvalue weighted by Crippen LogP contribution is 2.34. The molecule has 1 N–H and O–H groups in total. The first kappa shape index (κ1) is 23.5. The number of methoxy groups -OCH3 is 1. The van der Waals surface area contributed by atoms with Gasteiger partial charge in [0.1, 0.15) is 18.3 Å². The highest BCUT2D eigenvalue weighted by Gasteiger charge is 2.41. The fourth-order valence-electron chi connectivity index (χ4n) is 4.79. The van der Waals surface area contributed by atoms with Crippen LogP contribution in [0.4, 0.5) is 4.79 Å². The smallest absolute Gasteiger partial charge is 0.325 e. The Bertz CT molecular complexity index is 1350. The van der Waals surface area contributed by atoms with Gasteiger partial charge in [-0.1, -0.05) is 61.9 Å². The fraction of sp³-hybridized carbons (Fsp3) is 0.286. The van der Waals surface area contributed by atoms with E-state index in [1.165, 1.54) is 5.01 Å². The van der Waals surface area contributed by atoms with Crippen LogP contribution < -0.4 is 10.1 Å². The maximum Gasteiger partial charge on any atom is 0.325 e. The Morgan fingerprint density at radius 2 is 1.81 bits per heavy atom. The fourth-order valence-corrected chi connectivity index (χ4v) is 4.79. The molecule has 3 aromatic carbocycles. The summed E-state index contributed by atoms with van der Waals surface area (Å²) in [6.45, 7) is 1.59. The lowest BCUT2D eigenvalue weighted by molar-refractivity contribution is -0.138. The number of urea groups is 1. The van der Waals surface area contributed by atoms with Crippen molar-refractivity contribution in [3.63, 3.8) is 0 Å². The predicted molar refractivity (Wildman–Crippen MR) is 137 cm³/mol. The van der Waals surface area contributed by atoms with Gasteiger partial charge in [-0.25, -0.2) is 9.80 Å². The summed E-state index contributed by atoms with van der Waals surface area (Å²) in [5, 5.41) is 11.0. The summed E-state index contributed by atoms with van der Waals surface area (Å²) in [7, 11) is 1.60. The van der Waals surface area contributed by atoms with Gasteiger partial charge in [-0.15, -0.1) is 0 Å². The zero-order valence-corrected chi connectivity index (χ0v) is 20.3. The second-order valence-corrected chi connectivity index (χ2v) is 9.06. The Labute approximate surface area is 209 Å². The lowest BCUT2D eigenvalue weighted by atomic mass is 9.97. The summed E-state index contributed by atoms with van der Waals surface area (Å²) in [6, 6.07) is 20.2. The second kappa shape index (κ2) is 9.81. The zero-order valence-electron chi connectivity index (χ0n) is 20.3. The molecule has 0 aromatic heterocycles. The molecule has 5 rings (SSSR count). The van der Waals surface area contributed by atoms with Crippen LogP contribution in [0.15, 0.2) is 71.8 Å². The van der Waals surface area contributed by atoms with E-state index >= 15 is 0 Å². The maximum absolute atomic E-state index is 13.5. The van der Waals surface area contributed by atoms with Gasteiger partial charge >= 0.3 is 6.03 Å². The van der Waals surface area contributed by atoms with Crippen LogP contribution in [0.3, 0.4) is 0 Å². The number of benzene rings is 3. The SMILES string of the molecule is CCCC1NC(=O)N(CC(=O)N2N=C(c3ccc4ccccc4c3)CC2c2ccc(OC)cc2)C1=O. The predicted octanol–water partition coefficient (Wildman–Crippen LogP) is 4.25. The summed E-state index contributed by atoms with van der Waals surface area (Å²) in [6.07, 6.45) is 1.80. The maximum atomic E-state index is 13.5. The number of nitrogens with one attached hydrogen (secondary N) is 1. The van der Waals surface area contributed by atoms with Crippen LogP contribution in [-0.2, 0) is 9.59 Å². The van der Waals surface area contributed by atoms with Gasteiger partial charge in [0, 0.05) is 6.42 Å². The minimum Gasteiger partial charge on any atom is -0.497 e. The molecular weight excluding hydrogens is 456 g/mol. The van der Waals surface area contributed by atoms with Crippen molar-refractivity contribution in [1.29, 1.82) is 0 Å². The van der Waals surface area contributed by atoms with Crippen LogP contribution in [0.5, 0.6) is 5.75 Å². The molecule has 36 heavy (non-hydrogen) atoms. The summed E-state index contributed by atoms with van der Waals surface area (Å²) in [5.41, 5.74) is 2.60. The molecule has 0 radical (unpaired) electrons. The molecule has 8 nitrogen and oxygen atoms in total. The van der Waals surface area contributed by atoms with Crippen molar-refractivity contribution in [1.82, 2.24) is 15.2 Å². The third-order valence-corrected chi connectivity index (χ3v) is 6.73. The summed E-state index contributed by atoms with van der Waals surface area (Å²) < 4.78 is 5.28. The molecule has 2 atom stereocenters. The lowest BCUT2D eigenvalue weighted by Gasteiger charge is -2.24. The van der Waals surface area contributed by atoms with Crippen molar-refractivity contribution in [3.8, 4) is 5.75 Å². The van der Waals surface area contributed by atoms with Crippen LogP contribution in [0, 0.1) is 0 Å². The van der Waals surface area contributed by atoms with E-state index in [1.54, 1.807) is 7.11 Å². The van der Waals surface area contributed by atoms with E-state index in [0.29, 0.717) is 18.6 Å². The zero-order chi connectivity index (χ0) is 25.2. The minimum atomic E-state index is -0.581. The molecule has 2 aliphatic heterocycles. The number of fused-ring (bicyclic) bond motifs is 1. The summed E-state index contributed by atoms with van der Waals surface area (Å²) >= 11 is 0. The van der Waals surface area contributed by atoms with Gasteiger partial charge in [-0.3, -0.25) is 14.5 Å². The number of rotatable bonds is 7. The van der Waals surface area contributed by atoms with Crippen molar-refractivity contribution in [3.05, 3.63) is 77.9 Å². The Morgan fingerprint density at radius 1 is 1.06 bits per heavy atom. The first-order valence-corrected chi connectivity index (χ1v) is 12.1. The van der Waals surface area contributed by atoms with Crippen LogP contribution in [0.2, 0.25) is 0 Å². The van der Waals surface area contributed by atoms with Crippen molar-refractivity contribution in [2.75, 3.05) is 13.7 Å². The first-order chi connectivity index (χ1) is 17.5. The molecule has 184 valence electrons. The molecule has 2 unspecified atom stereocenters. The van der Waals surface area contributed by atoms with Gasteiger partial charge < -0.3 is 10.1 Å². The summed E-state index contributed by atoms with van der Waals surface area (Å²) in [5.74, 6) is -0.0621. The molecule has 2 heterocycles. The van der Waals surface area contributed by atoms with E-state index in [-0.39, 0.29) is 18.5 Å².